The third kappa shape index (κ3) is 3.84. The third-order valence-corrected chi connectivity index (χ3v) is 3.78. The van der Waals surface area contributed by atoms with Gasteiger partial charge in [-0.05, 0) is 12.7 Å². The molecule has 0 aliphatic carbocycles. The molecule has 108 valence electrons. The summed E-state index contributed by atoms with van der Waals surface area (Å²) in [5, 5.41) is 14.4. The predicted octanol–water partition coefficient (Wildman–Crippen LogP) is 2.62. The first-order valence-electron chi connectivity index (χ1n) is 6.90. The summed E-state index contributed by atoms with van der Waals surface area (Å²) in [5.74, 6) is 2.70. The van der Waals surface area contributed by atoms with Crippen LogP contribution in [0.2, 0.25) is 0 Å². The van der Waals surface area contributed by atoms with Gasteiger partial charge in [-0.25, -0.2) is 9.67 Å². The Morgan fingerprint density at radius 3 is 2.70 bits per heavy atom. The minimum absolute atomic E-state index is 0.367. The molecule has 1 aromatic heterocycles. The molecule has 0 spiro atoms. The first-order valence-corrected chi connectivity index (χ1v) is 8.30. The van der Waals surface area contributed by atoms with Crippen LogP contribution in [0.5, 0.6) is 0 Å². The molecular formula is C15H21N3OS. The second-order valence-electron chi connectivity index (χ2n) is 4.70. The van der Waals surface area contributed by atoms with E-state index in [0.717, 1.165) is 35.8 Å². The maximum Gasteiger partial charge on any atom is 0.181 e. The van der Waals surface area contributed by atoms with Crippen molar-refractivity contribution in [3.8, 4) is 11.4 Å². The van der Waals surface area contributed by atoms with Gasteiger partial charge in [-0.1, -0.05) is 37.3 Å². The van der Waals surface area contributed by atoms with Crippen LogP contribution in [-0.4, -0.2) is 38.0 Å². The highest BCUT2D eigenvalue weighted by Gasteiger charge is 2.13. The van der Waals surface area contributed by atoms with Crippen molar-refractivity contribution >= 4 is 11.8 Å². The Morgan fingerprint density at radius 2 is 2.05 bits per heavy atom. The molecule has 0 aliphatic rings. The van der Waals surface area contributed by atoms with Crippen molar-refractivity contribution < 1.29 is 5.11 Å². The summed E-state index contributed by atoms with van der Waals surface area (Å²) in [6.45, 7) is 2.49. The fourth-order valence-electron chi connectivity index (χ4n) is 1.94. The molecule has 0 amide bonds. The van der Waals surface area contributed by atoms with E-state index in [1.165, 1.54) is 0 Å². The predicted molar refractivity (Wildman–Crippen MR) is 83.8 cm³/mol. The van der Waals surface area contributed by atoms with Crippen LogP contribution < -0.4 is 0 Å². The van der Waals surface area contributed by atoms with Gasteiger partial charge >= 0.3 is 0 Å². The maximum absolute atomic E-state index is 9.85. The zero-order valence-corrected chi connectivity index (χ0v) is 12.8. The van der Waals surface area contributed by atoms with Gasteiger partial charge in [0.25, 0.3) is 0 Å². The first kappa shape index (κ1) is 15.1. The Morgan fingerprint density at radius 1 is 1.30 bits per heavy atom. The molecule has 5 heteroatoms. The number of aryl methyl sites for hydroxylation is 1. The van der Waals surface area contributed by atoms with Crippen molar-refractivity contribution in [2.75, 3.05) is 12.0 Å². The van der Waals surface area contributed by atoms with E-state index in [-0.39, 0.29) is 6.10 Å². The number of aliphatic hydroxyl groups is 1. The van der Waals surface area contributed by atoms with Gasteiger partial charge in [0.2, 0.25) is 0 Å². The van der Waals surface area contributed by atoms with Crippen LogP contribution in [0.25, 0.3) is 11.4 Å². The highest BCUT2D eigenvalue weighted by Crippen LogP contribution is 2.16. The van der Waals surface area contributed by atoms with Crippen molar-refractivity contribution in [1.82, 2.24) is 14.8 Å². The molecular weight excluding hydrogens is 270 g/mol. The van der Waals surface area contributed by atoms with Crippen LogP contribution in [0.15, 0.2) is 30.3 Å². The first-order chi connectivity index (χ1) is 9.74. The number of hydrogen-bond donors (Lipinski definition) is 1. The van der Waals surface area contributed by atoms with Gasteiger partial charge in [0.05, 0.1) is 12.6 Å². The fraction of sp³-hybridized carbons (Fsp3) is 0.467. The van der Waals surface area contributed by atoms with Gasteiger partial charge in [0.15, 0.2) is 5.82 Å². The normalized spacial score (nSPS) is 12.6. The third-order valence-electron chi connectivity index (χ3n) is 3.17. The Kier molecular flexibility index (Phi) is 5.61. The zero-order chi connectivity index (χ0) is 14.4. The summed E-state index contributed by atoms with van der Waals surface area (Å²) in [7, 11) is 0. The molecule has 1 N–H and O–H groups in total. The lowest BCUT2D eigenvalue weighted by atomic mass is 10.2. The lowest BCUT2D eigenvalue weighted by molar-refractivity contribution is 0.144. The van der Waals surface area contributed by atoms with Crippen LogP contribution >= 0.6 is 11.8 Å². The monoisotopic (exact) mass is 291 g/mol. The van der Waals surface area contributed by atoms with Crippen LogP contribution in [0.4, 0.5) is 0 Å². The second-order valence-corrected chi connectivity index (χ2v) is 5.69. The maximum atomic E-state index is 9.85. The van der Waals surface area contributed by atoms with Crippen molar-refractivity contribution in [2.24, 2.45) is 0 Å². The number of nitrogens with zero attached hydrogens (tertiary/aromatic N) is 3. The Balaban J connectivity index is 2.26. The summed E-state index contributed by atoms with van der Waals surface area (Å²) < 4.78 is 1.85. The molecule has 0 fully saturated rings. The Bertz CT molecular complexity index is 527. The van der Waals surface area contributed by atoms with Gasteiger partial charge in [-0.2, -0.15) is 16.9 Å². The average Bonchev–Trinajstić information content (AvgIpc) is 2.88. The van der Waals surface area contributed by atoms with Crippen LogP contribution in [0.3, 0.4) is 0 Å². The number of aliphatic hydroxyl groups excluding tert-OH is 1. The second kappa shape index (κ2) is 7.45. The molecule has 1 heterocycles. The van der Waals surface area contributed by atoms with E-state index >= 15 is 0 Å². The van der Waals surface area contributed by atoms with Gasteiger partial charge < -0.3 is 5.11 Å². The molecule has 0 saturated heterocycles. The average molecular weight is 291 g/mol. The highest BCUT2D eigenvalue weighted by molar-refractivity contribution is 7.98. The molecule has 2 aromatic rings. The largest absolute Gasteiger partial charge is 0.391 e. The molecule has 20 heavy (non-hydrogen) atoms. The summed E-state index contributed by atoms with van der Waals surface area (Å²) in [4.78, 5) is 4.63. The number of benzene rings is 1. The molecule has 1 atom stereocenters. The fourth-order valence-corrected chi connectivity index (χ4v) is 2.32. The van der Waals surface area contributed by atoms with Crippen molar-refractivity contribution in [3.05, 3.63) is 36.2 Å². The van der Waals surface area contributed by atoms with Gasteiger partial charge in [0.1, 0.15) is 5.82 Å². The lowest BCUT2D eigenvalue weighted by Gasteiger charge is -2.09. The molecule has 1 aromatic carbocycles. The van der Waals surface area contributed by atoms with E-state index in [1.54, 1.807) is 11.8 Å². The van der Waals surface area contributed by atoms with E-state index in [2.05, 4.69) is 16.3 Å². The quantitative estimate of drug-likeness (QED) is 0.852. The molecule has 4 nitrogen and oxygen atoms in total. The minimum Gasteiger partial charge on any atom is -0.391 e. The number of thioether (sulfide) groups is 1. The van der Waals surface area contributed by atoms with Gasteiger partial charge in [-0.3, -0.25) is 0 Å². The number of aromatic nitrogens is 3. The van der Waals surface area contributed by atoms with Crippen LogP contribution in [0.1, 0.15) is 19.2 Å². The Labute approximate surface area is 124 Å². The van der Waals surface area contributed by atoms with Crippen molar-refractivity contribution in [1.29, 1.82) is 0 Å². The highest BCUT2D eigenvalue weighted by atomic mass is 32.2. The molecule has 1 unspecified atom stereocenters. The lowest BCUT2D eigenvalue weighted by Crippen LogP contribution is -2.18. The van der Waals surface area contributed by atoms with E-state index in [1.807, 2.05) is 41.9 Å². The topological polar surface area (TPSA) is 50.9 Å². The van der Waals surface area contributed by atoms with E-state index in [9.17, 15) is 5.11 Å². The summed E-state index contributed by atoms with van der Waals surface area (Å²) in [5.41, 5.74) is 1.02. The summed E-state index contributed by atoms with van der Waals surface area (Å²) in [6.07, 6.45) is 3.31. The summed E-state index contributed by atoms with van der Waals surface area (Å²) in [6, 6.07) is 9.97. The molecule has 0 aliphatic heterocycles. The van der Waals surface area contributed by atoms with Crippen molar-refractivity contribution in [3.63, 3.8) is 0 Å². The molecule has 0 bridgehead atoms. The molecule has 0 radical (unpaired) electrons. The van der Waals surface area contributed by atoms with E-state index in [4.69, 9.17) is 0 Å². The van der Waals surface area contributed by atoms with Crippen LogP contribution in [-0.2, 0) is 13.0 Å². The smallest absolute Gasteiger partial charge is 0.181 e. The standard InChI is InChI=1S/C15H21N3OS/c1-3-13(19)11-18-14(9-10-20-2)16-15(17-18)12-7-5-4-6-8-12/h4-8,13,19H,3,9-11H2,1-2H3. The SMILES string of the molecule is CCC(O)Cn1nc(-c2ccccc2)nc1CCSC. The number of rotatable bonds is 7. The van der Waals surface area contributed by atoms with Gasteiger partial charge in [-0.15, -0.1) is 0 Å². The molecule has 2 rings (SSSR count). The van der Waals surface area contributed by atoms with Crippen molar-refractivity contribution in [2.45, 2.75) is 32.4 Å². The number of hydrogen-bond acceptors (Lipinski definition) is 4. The van der Waals surface area contributed by atoms with E-state index < -0.39 is 0 Å². The van der Waals surface area contributed by atoms with E-state index in [0.29, 0.717) is 6.54 Å². The summed E-state index contributed by atoms with van der Waals surface area (Å²) >= 11 is 1.79. The van der Waals surface area contributed by atoms with Gasteiger partial charge in [0, 0.05) is 17.7 Å². The minimum atomic E-state index is -0.367. The van der Waals surface area contributed by atoms with Crippen LogP contribution in [0, 0.1) is 0 Å². The molecule has 0 saturated carbocycles. The Hall–Kier alpha value is -1.33. The zero-order valence-electron chi connectivity index (χ0n) is 12.0.